The minimum absolute atomic E-state index is 0.0844. The van der Waals surface area contributed by atoms with Crippen molar-refractivity contribution in [1.29, 1.82) is 0 Å². The number of carboxylic acid groups (broad SMARTS) is 1. The highest BCUT2D eigenvalue weighted by atomic mass is 19.4. The molecule has 1 aliphatic heterocycles. The number of alkyl halides is 3. The molecule has 3 heterocycles. The Morgan fingerprint density at radius 1 is 1.35 bits per heavy atom. The highest BCUT2D eigenvalue weighted by Gasteiger charge is 2.43. The SMILES string of the molecule is Cn1cc(-c2cc(C(=O)O)nc3c(F)c(CN4CCOC(C(F)(F)F)C4)ccc23)cn1. The van der Waals surface area contributed by atoms with Gasteiger partial charge in [-0.3, -0.25) is 9.58 Å². The largest absolute Gasteiger partial charge is 0.477 e. The van der Waals surface area contributed by atoms with Crippen LogP contribution in [0, 0.1) is 5.82 Å². The highest BCUT2D eigenvalue weighted by Crippen LogP contribution is 2.32. The summed E-state index contributed by atoms with van der Waals surface area (Å²) in [5, 5.41) is 13.9. The maximum Gasteiger partial charge on any atom is 0.415 e. The molecule has 0 radical (unpaired) electrons. The highest BCUT2D eigenvalue weighted by molar-refractivity contribution is 5.99. The average molecular weight is 438 g/mol. The predicted octanol–water partition coefficient (Wildman–Crippen LogP) is 3.24. The lowest BCUT2D eigenvalue weighted by Crippen LogP contribution is -2.48. The zero-order chi connectivity index (χ0) is 22.3. The second-order valence-electron chi connectivity index (χ2n) is 7.33. The molecule has 1 saturated heterocycles. The molecule has 0 amide bonds. The summed E-state index contributed by atoms with van der Waals surface area (Å²) in [6.45, 7) is -0.400. The second kappa shape index (κ2) is 7.89. The van der Waals surface area contributed by atoms with Crippen LogP contribution < -0.4 is 0 Å². The minimum atomic E-state index is -4.50. The van der Waals surface area contributed by atoms with Crippen molar-refractivity contribution in [3.8, 4) is 11.1 Å². The molecular weight excluding hydrogens is 420 g/mol. The fraction of sp³-hybridized carbons (Fsp3) is 0.350. The quantitative estimate of drug-likeness (QED) is 0.630. The molecule has 11 heteroatoms. The molecule has 0 bridgehead atoms. The normalized spacial score (nSPS) is 17.9. The van der Waals surface area contributed by atoms with Gasteiger partial charge < -0.3 is 9.84 Å². The molecule has 0 saturated carbocycles. The lowest BCUT2D eigenvalue weighted by atomic mass is 10.0. The fourth-order valence-electron chi connectivity index (χ4n) is 3.62. The number of fused-ring (bicyclic) bond motifs is 1. The van der Waals surface area contributed by atoms with Crippen LogP contribution in [0.25, 0.3) is 22.0 Å². The number of ether oxygens (including phenoxy) is 1. The third-order valence-electron chi connectivity index (χ3n) is 5.14. The van der Waals surface area contributed by atoms with Crippen molar-refractivity contribution in [2.45, 2.75) is 18.8 Å². The van der Waals surface area contributed by atoms with Gasteiger partial charge in [0, 0.05) is 49.4 Å². The van der Waals surface area contributed by atoms with E-state index in [9.17, 15) is 23.1 Å². The maximum absolute atomic E-state index is 15.3. The summed E-state index contributed by atoms with van der Waals surface area (Å²) in [5.41, 5.74) is 0.667. The van der Waals surface area contributed by atoms with Crippen molar-refractivity contribution in [2.75, 3.05) is 19.7 Å². The van der Waals surface area contributed by atoms with Crippen LogP contribution in [0.3, 0.4) is 0 Å². The van der Waals surface area contributed by atoms with Gasteiger partial charge in [0.1, 0.15) is 11.2 Å². The van der Waals surface area contributed by atoms with E-state index in [-0.39, 0.29) is 36.5 Å². The van der Waals surface area contributed by atoms with Crippen molar-refractivity contribution in [2.24, 2.45) is 7.05 Å². The van der Waals surface area contributed by atoms with Gasteiger partial charge in [-0.05, 0) is 11.6 Å². The van der Waals surface area contributed by atoms with Gasteiger partial charge in [-0.2, -0.15) is 18.3 Å². The number of morpholine rings is 1. The van der Waals surface area contributed by atoms with Crippen molar-refractivity contribution < 1.29 is 32.2 Å². The van der Waals surface area contributed by atoms with E-state index in [1.54, 1.807) is 19.3 Å². The number of carbonyl (C=O) groups is 1. The van der Waals surface area contributed by atoms with Gasteiger partial charge >= 0.3 is 12.1 Å². The summed E-state index contributed by atoms with van der Waals surface area (Å²) in [6.07, 6.45) is -3.25. The standard InChI is InChI=1S/C20H18F4N4O3/c1-27-8-12(7-25-27)14-6-15(19(29)30)26-18-13(14)3-2-11(17(18)21)9-28-4-5-31-16(10-28)20(22,23)24/h2-3,6-8,16H,4-5,9-10H2,1H3,(H,29,30). The Labute approximate surface area is 173 Å². The van der Waals surface area contributed by atoms with Gasteiger partial charge in [0.25, 0.3) is 0 Å². The van der Waals surface area contributed by atoms with Crippen LogP contribution in [0.4, 0.5) is 17.6 Å². The number of aromatic nitrogens is 3. The summed E-state index contributed by atoms with van der Waals surface area (Å²) < 4.78 is 60.6. The number of aromatic carboxylic acids is 1. The number of nitrogens with zero attached hydrogens (tertiary/aromatic N) is 4. The molecule has 1 unspecified atom stereocenters. The first-order valence-electron chi connectivity index (χ1n) is 9.38. The van der Waals surface area contributed by atoms with Gasteiger partial charge in [0.15, 0.2) is 11.9 Å². The van der Waals surface area contributed by atoms with Crippen LogP contribution in [-0.2, 0) is 18.3 Å². The van der Waals surface area contributed by atoms with E-state index < -0.39 is 30.6 Å². The van der Waals surface area contributed by atoms with Crippen LogP contribution in [0.2, 0.25) is 0 Å². The molecule has 0 aliphatic carbocycles. The van der Waals surface area contributed by atoms with Crippen molar-refractivity contribution in [1.82, 2.24) is 19.7 Å². The van der Waals surface area contributed by atoms with Gasteiger partial charge in [-0.1, -0.05) is 12.1 Å². The van der Waals surface area contributed by atoms with E-state index in [1.807, 2.05) is 0 Å². The van der Waals surface area contributed by atoms with Crippen LogP contribution in [0.15, 0.2) is 30.6 Å². The minimum Gasteiger partial charge on any atom is -0.477 e. The van der Waals surface area contributed by atoms with Gasteiger partial charge in [-0.15, -0.1) is 0 Å². The molecule has 1 N–H and O–H groups in total. The number of aryl methyl sites for hydroxylation is 1. The van der Waals surface area contributed by atoms with Crippen LogP contribution >= 0.6 is 0 Å². The Bertz CT molecular complexity index is 1150. The van der Waals surface area contributed by atoms with Crippen molar-refractivity contribution in [3.63, 3.8) is 0 Å². The molecule has 3 aromatic rings. The molecule has 1 aliphatic rings. The van der Waals surface area contributed by atoms with Crippen molar-refractivity contribution in [3.05, 3.63) is 47.7 Å². The molecule has 31 heavy (non-hydrogen) atoms. The molecule has 0 spiro atoms. The summed E-state index contributed by atoms with van der Waals surface area (Å²) >= 11 is 0. The fourth-order valence-corrected chi connectivity index (χ4v) is 3.62. The number of rotatable bonds is 4. The average Bonchev–Trinajstić information content (AvgIpc) is 3.15. The predicted molar refractivity (Wildman–Crippen MR) is 102 cm³/mol. The zero-order valence-corrected chi connectivity index (χ0v) is 16.4. The number of halogens is 4. The summed E-state index contributed by atoms with van der Waals surface area (Å²) in [7, 11) is 1.69. The monoisotopic (exact) mass is 438 g/mol. The third kappa shape index (κ3) is 4.23. The molecule has 1 fully saturated rings. The molecule has 1 aromatic carbocycles. The second-order valence-corrected chi connectivity index (χ2v) is 7.33. The van der Waals surface area contributed by atoms with E-state index in [4.69, 9.17) is 4.74 Å². The Kier molecular flexibility index (Phi) is 5.40. The number of hydrogen-bond donors (Lipinski definition) is 1. The molecule has 4 rings (SSSR count). The Hall–Kier alpha value is -3.05. The summed E-state index contributed by atoms with van der Waals surface area (Å²) in [4.78, 5) is 16.9. The Morgan fingerprint density at radius 2 is 2.13 bits per heavy atom. The van der Waals surface area contributed by atoms with E-state index >= 15 is 4.39 Å². The lowest BCUT2D eigenvalue weighted by molar-refractivity contribution is -0.237. The first kappa shape index (κ1) is 21.2. The number of benzene rings is 1. The van der Waals surface area contributed by atoms with Gasteiger partial charge in [-0.25, -0.2) is 14.2 Å². The van der Waals surface area contributed by atoms with E-state index in [2.05, 4.69) is 10.1 Å². The van der Waals surface area contributed by atoms with Gasteiger partial charge in [0.2, 0.25) is 0 Å². The van der Waals surface area contributed by atoms with E-state index in [1.165, 1.54) is 27.9 Å². The zero-order valence-electron chi connectivity index (χ0n) is 16.4. The van der Waals surface area contributed by atoms with Crippen LogP contribution in [0.5, 0.6) is 0 Å². The molecule has 1 atom stereocenters. The lowest BCUT2D eigenvalue weighted by Gasteiger charge is -2.33. The Morgan fingerprint density at radius 3 is 2.77 bits per heavy atom. The third-order valence-corrected chi connectivity index (χ3v) is 5.14. The topological polar surface area (TPSA) is 80.5 Å². The first-order chi connectivity index (χ1) is 14.6. The molecule has 2 aromatic heterocycles. The number of carboxylic acids is 1. The van der Waals surface area contributed by atoms with Crippen molar-refractivity contribution >= 4 is 16.9 Å². The van der Waals surface area contributed by atoms with E-state index in [0.717, 1.165) is 0 Å². The molecule has 164 valence electrons. The van der Waals surface area contributed by atoms with Crippen LogP contribution in [0.1, 0.15) is 16.1 Å². The van der Waals surface area contributed by atoms with Crippen LogP contribution in [-0.4, -0.2) is 62.7 Å². The summed E-state index contributed by atoms with van der Waals surface area (Å²) in [6, 6.07) is 4.42. The molecular formula is C20H18F4N4O3. The number of pyridine rings is 1. The number of hydrogen-bond acceptors (Lipinski definition) is 5. The summed E-state index contributed by atoms with van der Waals surface area (Å²) in [5.74, 6) is -2.08. The smallest absolute Gasteiger partial charge is 0.415 e. The molecule has 7 nitrogen and oxygen atoms in total. The first-order valence-corrected chi connectivity index (χ1v) is 9.38. The maximum atomic E-state index is 15.3. The van der Waals surface area contributed by atoms with E-state index in [0.29, 0.717) is 16.5 Å². The van der Waals surface area contributed by atoms with Gasteiger partial charge in [0.05, 0.1) is 12.8 Å². The Balaban J connectivity index is 1.74.